The topological polar surface area (TPSA) is 29.9 Å². The molecule has 0 aliphatic carbocycles. The van der Waals surface area contributed by atoms with Crippen molar-refractivity contribution < 1.29 is 0 Å². The Kier molecular flexibility index (Phi) is 6.02. The van der Waals surface area contributed by atoms with E-state index < -0.39 is 0 Å². The smallest absolute Gasteiger partial charge is 0.0662 e. The Morgan fingerprint density at radius 3 is 2.46 bits per heavy atom. The molecule has 5 heteroatoms. The molecule has 0 spiro atoms. The number of aryl methyl sites for hydroxylation is 1. The van der Waals surface area contributed by atoms with Gasteiger partial charge >= 0.3 is 0 Å². The van der Waals surface area contributed by atoms with Crippen molar-refractivity contribution in [3.63, 3.8) is 0 Å². The summed E-state index contributed by atoms with van der Waals surface area (Å²) in [5.41, 5.74) is 5.87. The Morgan fingerprint density at radius 1 is 1.04 bits per heavy atom. The number of nitrogens with zero attached hydrogens (tertiary/aromatic N) is 2. The van der Waals surface area contributed by atoms with Crippen LogP contribution >= 0.6 is 23.2 Å². The molecule has 1 heterocycles. The molecule has 3 aromatic rings. The van der Waals surface area contributed by atoms with Gasteiger partial charge in [-0.15, -0.1) is 0 Å². The summed E-state index contributed by atoms with van der Waals surface area (Å²) in [6.07, 6.45) is 0. The standard InChI is InChI=1S/C21H23Cl2N3/c1-14(18-9-10-20(22)21(23)11-18)24-12-19-15(2)25-26(16(19)3)13-17-7-5-4-6-8-17/h4-11,14,24H,12-13H2,1-3H3/t14-/m1/s1. The first kappa shape index (κ1) is 19.0. The second-order valence-electron chi connectivity index (χ2n) is 6.57. The van der Waals surface area contributed by atoms with Crippen LogP contribution in [0.5, 0.6) is 0 Å². The number of aromatic nitrogens is 2. The van der Waals surface area contributed by atoms with Crippen molar-refractivity contribution >= 4 is 23.2 Å². The van der Waals surface area contributed by atoms with Crippen LogP contribution in [0.3, 0.4) is 0 Å². The summed E-state index contributed by atoms with van der Waals surface area (Å²) >= 11 is 12.1. The van der Waals surface area contributed by atoms with E-state index >= 15 is 0 Å². The van der Waals surface area contributed by atoms with Gasteiger partial charge in [0.25, 0.3) is 0 Å². The normalized spacial score (nSPS) is 12.3. The van der Waals surface area contributed by atoms with Crippen LogP contribution in [0.1, 0.15) is 41.0 Å². The summed E-state index contributed by atoms with van der Waals surface area (Å²) in [7, 11) is 0. The van der Waals surface area contributed by atoms with Crippen molar-refractivity contribution in [2.24, 2.45) is 0 Å². The van der Waals surface area contributed by atoms with Crippen LogP contribution in [0.25, 0.3) is 0 Å². The summed E-state index contributed by atoms with van der Waals surface area (Å²) < 4.78 is 2.07. The Bertz CT molecular complexity index is 888. The van der Waals surface area contributed by atoms with Gasteiger partial charge in [0.2, 0.25) is 0 Å². The summed E-state index contributed by atoms with van der Waals surface area (Å²) in [6.45, 7) is 7.86. The van der Waals surface area contributed by atoms with Crippen molar-refractivity contribution in [1.82, 2.24) is 15.1 Å². The van der Waals surface area contributed by atoms with Crippen LogP contribution in [0.15, 0.2) is 48.5 Å². The van der Waals surface area contributed by atoms with Gasteiger partial charge in [0.15, 0.2) is 0 Å². The van der Waals surface area contributed by atoms with E-state index in [1.165, 1.54) is 16.8 Å². The highest BCUT2D eigenvalue weighted by atomic mass is 35.5. The molecule has 0 bridgehead atoms. The number of rotatable bonds is 6. The van der Waals surface area contributed by atoms with Crippen LogP contribution in [0.2, 0.25) is 10.0 Å². The fourth-order valence-corrected chi connectivity index (χ4v) is 3.36. The third-order valence-electron chi connectivity index (χ3n) is 4.74. The second kappa shape index (κ2) is 8.26. The van der Waals surface area contributed by atoms with Gasteiger partial charge in [-0.25, -0.2) is 0 Å². The zero-order valence-corrected chi connectivity index (χ0v) is 16.8. The van der Waals surface area contributed by atoms with Crippen molar-refractivity contribution in [2.45, 2.75) is 39.9 Å². The van der Waals surface area contributed by atoms with E-state index in [1.807, 2.05) is 24.3 Å². The Hall–Kier alpha value is -1.81. The Labute approximate surface area is 164 Å². The third kappa shape index (κ3) is 4.29. The molecule has 1 atom stereocenters. The lowest BCUT2D eigenvalue weighted by molar-refractivity contribution is 0.571. The van der Waals surface area contributed by atoms with Crippen molar-refractivity contribution in [3.8, 4) is 0 Å². The van der Waals surface area contributed by atoms with E-state index in [0.717, 1.165) is 24.3 Å². The van der Waals surface area contributed by atoms with Gasteiger partial charge in [-0.1, -0.05) is 59.6 Å². The van der Waals surface area contributed by atoms with Crippen molar-refractivity contribution in [3.05, 3.63) is 86.7 Å². The SMILES string of the molecule is Cc1nn(Cc2ccccc2)c(C)c1CN[C@H](C)c1ccc(Cl)c(Cl)c1. The second-order valence-corrected chi connectivity index (χ2v) is 7.38. The lowest BCUT2D eigenvalue weighted by Gasteiger charge is -2.15. The first-order valence-electron chi connectivity index (χ1n) is 8.71. The highest BCUT2D eigenvalue weighted by molar-refractivity contribution is 6.42. The average Bonchev–Trinajstić information content (AvgIpc) is 2.89. The van der Waals surface area contributed by atoms with Gasteiger partial charge in [0.05, 0.1) is 22.3 Å². The molecule has 3 rings (SSSR count). The predicted octanol–water partition coefficient (Wildman–Crippen LogP) is 5.71. The minimum atomic E-state index is 0.168. The zero-order valence-electron chi connectivity index (χ0n) is 15.3. The first-order valence-corrected chi connectivity index (χ1v) is 9.46. The molecule has 136 valence electrons. The van der Waals surface area contributed by atoms with Crippen molar-refractivity contribution in [2.75, 3.05) is 0 Å². The monoisotopic (exact) mass is 387 g/mol. The molecule has 0 amide bonds. The Morgan fingerprint density at radius 2 is 1.77 bits per heavy atom. The van der Waals surface area contributed by atoms with Crippen molar-refractivity contribution in [1.29, 1.82) is 0 Å². The molecule has 0 aliphatic rings. The fraction of sp³-hybridized carbons (Fsp3) is 0.286. The fourth-order valence-electron chi connectivity index (χ4n) is 3.05. The molecule has 3 nitrogen and oxygen atoms in total. The van der Waals surface area contributed by atoms with Gasteiger partial charge in [-0.05, 0) is 44.0 Å². The summed E-state index contributed by atoms with van der Waals surface area (Å²) in [4.78, 5) is 0. The number of halogens is 2. The maximum Gasteiger partial charge on any atom is 0.0662 e. The van der Waals surface area contributed by atoms with E-state index in [9.17, 15) is 0 Å². The molecule has 2 aromatic carbocycles. The minimum absolute atomic E-state index is 0.168. The minimum Gasteiger partial charge on any atom is -0.306 e. The highest BCUT2D eigenvalue weighted by Crippen LogP contribution is 2.26. The molecule has 1 N–H and O–H groups in total. The highest BCUT2D eigenvalue weighted by Gasteiger charge is 2.14. The van der Waals surface area contributed by atoms with E-state index in [0.29, 0.717) is 10.0 Å². The van der Waals surface area contributed by atoms with Crippen LogP contribution < -0.4 is 5.32 Å². The van der Waals surface area contributed by atoms with Gasteiger partial charge in [-0.3, -0.25) is 4.68 Å². The predicted molar refractivity (Wildman–Crippen MR) is 109 cm³/mol. The molecule has 0 saturated carbocycles. The largest absolute Gasteiger partial charge is 0.306 e. The van der Waals surface area contributed by atoms with E-state index in [2.05, 4.69) is 55.0 Å². The maximum absolute atomic E-state index is 6.13. The number of benzene rings is 2. The molecular weight excluding hydrogens is 365 g/mol. The number of hydrogen-bond donors (Lipinski definition) is 1. The van der Waals surface area contributed by atoms with Crippen LogP contribution in [0, 0.1) is 13.8 Å². The van der Waals surface area contributed by atoms with Gasteiger partial charge < -0.3 is 5.32 Å². The van der Waals surface area contributed by atoms with Crippen LogP contribution in [-0.4, -0.2) is 9.78 Å². The Balaban J connectivity index is 1.70. The van der Waals surface area contributed by atoms with Gasteiger partial charge in [-0.2, -0.15) is 5.10 Å². The van der Waals surface area contributed by atoms with Crippen LogP contribution in [0.4, 0.5) is 0 Å². The van der Waals surface area contributed by atoms with E-state index in [4.69, 9.17) is 28.3 Å². The molecular formula is C21H23Cl2N3. The molecule has 0 aliphatic heterocycles. The van der Waals surface area contributed by atoms with Crippen LogP contribution in [-0.2, 0) is 13.1 Å². The summed E-state index contributed by atoms with van der Waals surface area (Å²) in [6, 6.07) is 16.3. The molecule has 0 saturated heterocycles. The average molecular weight is 388 g/mol. The van der Waals surface area contributed by atoms with E-state index in [-0.39, 0.29) is 6.04 Å². The van der Waals surface area contributed by atoms with E-state index in [1.54, 1.807) is 0 Å². The zero-order chi connectivity index (χ0) is 18.7. The summed E-state index contributed by atoms with van der Waals surface area (Å²) in [5.74, 6) is 0. The third-order valence-corrected chi connectivity index (χ3v) is 5.47. The molecule has 0 radical (unpaired) electrons. The lowest BCUT2D eigenvalue weighted by Crippen LogP contribution is -2.19. The lowest BCUT2D eigenvalue weighted by atomic mass is 10.1. The maximum atomic E-state index is 6.13. The molecule has 26 heavy (non-hydrogen) atoms. The summed E-state index contributed by atoms with van der Waals surface area (Å²) in [5, 5.41) is 9.45. The molecule has 0 unspecified atom stereocenters. The van der Waals surface area contributed by atoms with Gasteiger partial charge in [0.1, 0.15) is 0 Å². The number of nitrogens with one attached hydrogen (secondary N) is 1. The number of hydrogen-bond acceptors (Lipinski definition) is 2. The van der Waals surface area contributed by atoms with Gasteiger partial charge in [0, 0.05) is 23.8 Å². The first-order chi connectivity index (χ1) is 12.5. The quantitative estimate of drug-likeness (QED) is 0.587. The molecule has 0 fully saturated rings. The molecule has 1 aromatic heterocycles.